The number of rotatable bonds is 5. The van der Waals surface area contributed by atoms with Gasteiger partial charge in [0.15, 0.2) is 0 Å². The van der Waals surface area contributed by atoms with Crippen molar-refractivity contribution in [2.45, 2.75) is 42.6 Å². The molecule has 110 valence electrons. The van der Waals surface area contributed by atoms with Crippen LogP contribution < -0.4 is 0 Å². The van der Waals surface area contributed by atoms with Gasteiger partial charge >= 0.3 is 5.97 Å². The predicted molar refractivity (Wildman–Crippen MR) is 78.3 cm³/mol. The summed E-state index contributed by atoms with van der Waals surface area (Å²) in [5.74, 6) is -0.174. The van der Waals surface area contributed by atoms with Crippen molar-refractivity contribution < 1.29 is 9.90 Å². The topological polar surface area (TPSA) is 80.9 Å². The van der Waals surface area contributed by atoms with Gasteiger partial charge in [0.25, 0.3) is 0 Å². The number of benzene rings is 1. The SMILES string of the molecule is O=C(O)c1ccc(CSc2nnnn2C2CCCC2)cc1. The summed E-state index contributed by atoms with van der Waals surface area (Å²) in [4.78, 5) is 10.8. The normalized spacial score (nSPS) is 15.4. The maximum absolute atomic E-state index is 10.8. The number of hydrogen-bond donors (Lipinski definition) is 1. The lowest BCUT2D eigenvalue weighted by molar-refractivity contribution is 0.0697. The van der Waals surface area contributed by atoms with Crippen LogP contribution in [0.2, 0.25) is 0 Å². The monoisotopic (exact) mass is 304 g/mol. The van der Waals surface area contributed by atoms with Gasteiger partial charge in [0.1, 0.15) is 0 Å². The zero-order valence-corrected chi connectivity index (χ0v) is 12.3. The van der Waals surface area contributed by atoms with Crippen LogP contribution in [0.25, 0.3) is 0 Å². The molecule has 6 nitrogen and oxygen atoms in total. The van der Waals surface area contributed by atoms with Crippen LogP contribution in [0.4, 0.5) is 0 Å². The van der Waals surface area contributed by atoms with Gasteiger partial charge in [-0.1, -0.05) is 36.7 Å². The van der Waals surface area contributed by atoms with Crippen molar-refractivity contribution >= 4 is 17.7 Å². The molecule has 0 amide bonds. The van der Waals surface area contributed by atoms with Crippen molar-refractivity contribution in [3.8, 4) is 0 Å². The Balaban J connectivity index is 1.65. The van der Waals surface area contributed by atoms with Gasteiger partial charge in [-0.05, 0) is 41.0 Å². The minimum Gasteiger partial charge on any atom is -0.478 e. The molecule has 21 heavy (non-hydrogen) atoms. The maximum Gasteiger partial charge on any atom is 0.335 e. The van der Waals surface area contributed by atoms with Gasteiger partial charge in [-0.3, -0.25) is 0 Å². The Bertz CT molecular complexity index is 620. The Morgan fingerprint density at radius 1 is 1.29 bits per heavy atom. The van der Waals surface area contributed by atoms with E-state index >= 15 is 0 Å². The van der Waals surface area contributed by atoms with Crippen molar-refractivity contribution in [3.63, 3.8) is 0 Å². The first-order valence-corrected chi connectivity index (χ1v) is 7.95. The second-order valence-corrected chi connectivity index (χ2v) is 6.08. The second-order valence-electron chi connectivity index (χ2n) is 5.14. The van der Waals surface area contributed by atoms with Crippen molar-refractivity contribution in [3.05, 3.63) is 35.4 Å². The van der Waals surface area contributed by atoms with E-state index in [4.69, 9.17) is 5.11 Å². The fourth-order valence-corrected chi connectivity index (χ4v) is 3.45. The molecule has 0 saturated heterocycles. The molecular formula is C14H16N4O2S. The predicted octanol–water partition coefficient (Wildman–Crippen LogP) is 2.78. The average Bonchev–Trinajstić information content (AvgIpc) is 3.16. The standard InChI is InChI=1S/C14H16N4O2S/c19-13(20)11-7-5-10(6-8-11)9-21-14-15-16-17-18(14)12-3-1-2-4-12/h5-8,12H,1-4,9H2,(H,19,20). The fourth-order valence-electron chi connectivity index (χ4n) is 2.55. The third-order valence-electron chi connectivity index (χ3n) is 3.70. The highest BCUT2D eigenvalue weighted by molar-refractivity contribution is 7.98. The summed E-state index contributed by atoms with van der Waals surface area (Å²) in [5, 5.41) is 21.7. The maximum atomic E-state index is 10.8. The number of carbonyl (C=O) groups is 1. The van der Waals surface area contributed by atoms with Gasteiger partial charge in [0, 0.05) is 5.75 Å². The van der Waals surface area contributed by atoms with Crippen LogP contribution >= 0.6 is 11.8 Å². The van der Waals surface area contributed by atoms with Gasteiger partial charge in [0.2, 0.25) is 5.16 Å². The summed E-state index contributed by atoms with van der Waals surface area (Å²) in [6, 6.07) is 7.34. The molecule has 0 unspecified atom stereocenters. The minimum absolute atomic E-state index is 0.305. The number of carboxylic acid groups (broad SMARTS) is 1. The van der Waals surface area contributed by atoms with E-state index in [1.807, 2.05) is 16.8 Å². The summed E-state index contributed by atoms with van der Waals surface area (Å²) in [6.45, 7) is 0. The first kappa shape index (κ1) is 14.1. The largest absolute Gasteiger partial charge is 0.478 e. The molecule has 3 rings (SSSR count). The van der Waals surface area contributed by atoms with Crippen LogP contribution in [-0.2, 0) is 5.75 Å². The number of nitrogens with zero attached hydrogens (tertiary/aromatic N) is 4. The third-order valence-corrected chi connectivity index (χ3v) is 4.71. The summed E-state index contributed by atoms with van der Waals surface area (Å²) in [6.07, 6.45) is 4.77. The molecule has 1 fully saturated rings. The van der Waals surface area contributed by atoms with E-state index in [0.29, 0.717) is 11.6 Å². The molecule has 0 spiro atoms. The number of aromatic carboxylic acids is 1. The lowest BCUT2D eigenvalue weighted by atomic mass is 10.1. The van der Waals surface area contributed by atoms with E-state index in [1.165, 1.54) is 12.8 Å². The molecule has 2 aromatic rings. The van der Waals surface area contributed by atoms with Gasteiger partial charge in [0.05, 0.1) is 11.6 Å². The molecule has 0 aliphatic heterocycles. The van der Waals surface area contributed by atoms with Crippen molar-refractivity contribution in [2.24, 2.45) is 0 Å². The molecule has 0 bridgehead atoms. The first-order valence-electron chi connectivity index (χ1n) is 6.97. The summed E-state index contributed by atoms with van der Waals surface area (Å²) in [7, 11) is 0. The summed E-state index contributed by atoms with van der Waals surface area (Å²) >= 11 is 1.59. The number of aromatic nitrogens is 4. The minimum atomic E-state index is -0.903. The van der Waals surface area contributed by atoms with Crippen LogP contribution in [0, 0.1) is 0 Å². The van der Waals surface area contributed by atoms with Gasteiger partial charge in [-0.15, -0.1) is 5.10 Å². The van der Waals surface area contributed by atoms with Gasteiger partial charge < -0.3 is 5.11 Å². The Labute approximate surface area is 126 Å². The Morgan fingerprint density at radius 2 is 2.00 bits per heavy atom. The van der Waals surface area contributed by atoms with Crippen LogP contribution in [0.5, 0.6) is 0 Å². The fraction of sp³-hybridized carbons (Fsp3) is 0.429. The number of carboxylic acids is 1. The zero-order chi connectivity index (χ0) is 14.7. The molecule has 1 aliphatic carbocycles. The lowest BCUT2D eigenvalue weighted by Crippen LogP contribution is -2.08. The van der Waals surface area contributed by atoms with Crippen molar-refractivity contribution in [2.75, 3.05) is 0 Å². The average molecular weight is 304 g/mol. The van der Waals surface area contributed by atoms with Crippen molar-refractivity contribution in [1.29, 1.82) is 0 Å². The second kappa shape index (κ2) is 6.26. The van der Waals surface area contributed by atoms with E-state index < -0.39 is 5.97 Å². The Hall–Kier alpha value is -1.89. The number of hydrogen-bond acceptors (Lipinski definition) is 5. The van der Waals surface area contributed by atoms with Gasteiger partial charge in [-0.25, -0.2) is 9.48 Å². The van der Waals surface area contributed by atoms with Gasteiger partial charge in [-0.2, -0.15) is 0 Å². The van der Waals surface area contributed by atoms with E-state index in [-0.39, 0.29) is 0 Å². The molecule has 0 atom stereocenters. The molecular weight excluding hydrogens is 288 g/mol. The smallest absolute Gasteiger partial charge is 0.335 e. The lowest BCUT2D eigenvalue weighted by Gasteiger charge is -2.10. The molecule has 0 radical (unpaired) electrons. The zero-order valence-electron chi connectivity index (χ0n) is 11.5. The molecule has 1 aromatic carbocycles. The van der Waals surface area contributed by atoms with E-state index in [9.17, 15) is 4.79 Å². The van der Waals surface area contributed by atoms with Crippen molar-refractivity contribution in [1.82, 2.24) is 20.2 Å². The highest BCUT2D eigenvalue weighted by atomic mass is 32.2. The Kier molecular flexibility index (Phi) is 4.19. The van der Waals surface area contributed by atoms with Crippen LogP contribution in [0.3, 0.4) is 0 Å². The molecule has 1 saturated carbocycles. The van der Waals surface area contributed by atoms with E-state index in [0.717, 1.165) is 29.3 Å². The van der Waals surface area contributed by atoms with Crippen LogP contribution in [-0.4, -0.2) is 31.3 Å². The molecule has 1 N–H and O–H groups in total. The van der Waals surface area contributed by atoms with E-state index in [2.05, 4.69) is 15.5 Å². The molecule has 1 heterocycles. The number of thioether (sulfide) groups is 1. The quantitative estimate of drug-likeness (QED) is 0.855. The third kappa shape index (κ3) is 3.24. The summed E-state index contributed by atoms with van der Waals surface area (Å²) < 4.78 is 1.93. The first-order chi connectivity index (χ1) is 10.2. The van der Waals surface area contributed by atoms with E-state index in [1.54, 1.807) is 23.9 Å². The van der Waals surface area contributed by atoms with Crippen LogP contribution in [0.15, 0.2) is 29.4 Å². The highest BCUT2D eigenvalue weighted by Crippen LogP contribution is 2.32. The number of tetrazole rings is 1. The summed E-state index contributed by atoms with van der Waals surface area (Å²) in [5.41, 5.74) is 1.37. The molecule has 7 heteroatoms. The highest BCUT2D eigenvalue weighted by Gasteiger charge is 2.21. The van der Waals surface area contributed by atoms with Crippen LogP contribution in [0.1, 0.15) is 47.6 Å². The molecule has 1 aliphatic rings. The molecule has 1 aromatic heterocycles. The Morgan fingerprint density at radius 3 is 2.67 bits per heavy atom.